The summed E-state index contributed by atoms with van der Waals surface area (Å²) >= 11 is 0. The fourth-order valence-electron chi connectivity index (χ4n) is 2.49. The minimum atomic E-state index is 0.377. The third kappa shape index (κ3) is 1.98. The number of aromatic amines is 2. The van der Waals surface area contributed by atoms with Crippen molar-refractivity contribution in [3.8, 4) is 22.8 Å². The van der Waals surface area contributed by atoms with Crippen molar-refractivity contribution in [2.45, 2.75) is 0 Å². The Balaban J connectivity index is 1.91. The van der Waals surface area contributed by atoms with Crippen LogP contribution in [0.2, 0.25) is 0 Å². The second kappa shape index (κ2) is 4.92. The van der Waals surface area contributed by atoms with Crippen LogP contribution in [-0.2, 0) is 0 Å². The third-order valence-electron chi connectivity index (χ3n) is 3.51. The van der Waals surface area contributed by atoms with E-state index < -0.39 is 0 Å². The highest BCUT2D eigenvalue weighted by Gasteiger charge is 2.12. The van der Waals surface area contributed by atoms with Gasteiger partial charge < -0.3 is 9.97 Å². The Morgan fingerprint density at radius 3 is 2.55 bits per heavy atom. The van der Waals surface area contributed by atoms with Gasteiger partial charge in [0, 0.05) is 23.5 Å². The van der Waals surface area contributed by atoms with E-state index in [4.69, 9.17) is 0 Å². The first-order valence-electron chi connectivity index (χ1n) is 6.77. The zero-order valence-electron chi connectivity index (χ0n) is 11.4. The van der Waals surface area contributed by atoms with Gasteiger partial charge in [-0.05, 0) is 23.4 Å². The monoisotopic (exact) mass is 289 g/mol. The van der Waals surface area contributed by atoms with Crippen molar-refractivity contribution in [2.75, 3.05) is 0 Å². The SMILES string of the molecule is O=Nc1ccc2nc(-c3ccccc3-c3ncc[nH]3)[nH]c2c1. The molecular weight excluding hydrogens is 278 g/mol. The molecule has 0 radical (unpaired) electrons. The van der Waals surface area contributed by atoms with Crippen LogP contribution in [0.4, 0.5) is 5.69 Å². The first-order chi connectivity index (χ1) is 10.8. The van der Waals surface area contributed by atoms with Crippen molar-refractivity contribution in [3.05, 3.63) is 59.8 Å². The Morgan fingerprint density at radius 1 is 1.00 bits per heavy atom. The summed E-state index contributed by atoms with van der Waals surface area (Å²) < 4.78 is 0. The Hall–Kier alpha value is -3.28. The van der Waals surface area contributed by atoms with Crippen molar-refractivity contribution in [3.63, 3.8) is 0 Å². The molecule has 22 heavy (non-hydrogen) atoms. The summed E-state index contributed by atoms with van der Waals surface area (Å²) in [6.45, 7) is 0. The maximum Gasteiger partial charge on any atom is 0.139 e. The van der Waals surface area contributed by atoms with Gasteiger partial charge in [-0.2, -0.15) is 0 Å². The van der Waals surface area contributed by atoms with E-state index in [9.17, 15) is 4.91 Å². The number of fused-ring (bicyclic) bond motifs is 1. The van der Waals surface area contributed by atoms with Crippen LogP contribution in [0.25, 0.3) is 33.8 Å². The molecule has 6 heteroatoms. The molecule has 0 atom stereocenters. The van der Waals surface area contributed by atoms with E-state index in [0.717, 1.165) is 33.8 Å². The Morgan fingerprint density at radius 2 is 1.82 bits per heavy atom. The molecular formula is C16H11N5O. The normalized spacial score (nSPS) is 10.9. The number of nitrogens with one attached hydrogen (secondary N) is 2. The van der Waals surface area contributed by atoms with Crippen LogP contribution in [-0.4, -0.2) is 19.9 Å². The summed E-state index contributed by atoms with van der Waals surface area (Å²) in [5, 5.41) is 2.95. The molecule has 2 N–H and O–H groups in total. The minimum absolute atomic E-state index is 0.377. The first-order valence-corrected chi connectivity index (χ1v) is 6.77. The number of rotatable bonds is 3. The molecule has 0 aliphatic rings. The van der Waals surface area contributed by atoms with Gasteiger partial charge in [0.25, 0.3) is 0 Å². The molecule has 6 nitrogen and oxygen atoms in total. The lowest BCUT2D eigenvalue weighted by molar-refractivity contribution is 1.28. The molecule has 2 heterocycles. The summed E-state index contributed by atoms with van der Waals surface area (Å²) in [5.74, 6) is 1.51. The van der Waals surface area contributed by atoms with Crippen molar-refractivity contribution < 1.29 is 0 Å². The largest absolute Gasteiger partial charge is 0.345 e. The molecule has 0 aliphatic heterocycles. The Bertz CT molecular complexity index is 956. The van der Waals surface area contributed by atoms with Crippen LogP contribution < -0.4 is 0 Å². The summed E-state index contributed by atoms with van der Waals surface area (Å²) in [7, 11) is 0. The van der Waals surface area contributed by atoms with Gasteiger partial charge in [0.15, 0.2) is 0 Å². The van der Waals surface area contributed by atoms with Gasteiger partial charge in [0.05, 0.1) is 11.0 Å². The van der Waals surface area contributed by atoms with Gasteiger partial charge in [-0.1, -0.05) is 24.3 Å². The van der Waals surface area contributed by atoms with Crippen LogP contribution >= 0.6 is 0 Å². The summed E-state index contributed by atoms with van der Waals surface area (Å²) in [5.41, 5.74) is 3.84. The van der Waals surface area contributed by atoms with Crippen LogP contribution in [0.5, 0.6) is 0 Å². The van der Waals surface area contributed by atoms with Gasteiger partial charge in [-0.15, -0.1) is 4.91 Å². The van der Waals surface area contributed by atoms with Gasteiger partial charge in [-0.25, -0.2) is 9.97 Å². The minimum Gasteiger partial charge on any atom is -0.345 e. The zero-order valence-corrected chi connectivity index (χ0v) is 11.4. The molecule has 0 bridgehead atoms. The van der Waals surface area contributed by atoms with E-state index in [1.54, 1.807) is 30.6 Å². The molecule has 0 unspecified atom stereocenters. The fraction of sp³-hybridized carbons (Fsp3) is 0. The lowest BCUT2D eigenvalue weighted by atomic mass is 10.1. The number of hydrogen-bond donors (Lipinski definition) is 2. The molecule has 0 aliphatic carbocycles. The van der Waals surface area contributed by atoms with E-state index in [-0.39, 0.29) is 0 Å². The second-order valence-corrected chi connectivity index (χ2v) is 4.86. The maximum atomic E-state index is 10.6. The number of nitrogens with zero attached hydrogens (tertiary/aromatic N) is 3. The summed E-state index contributed by atoms with van der Waals surface area (Å²) in [4.78, 5) is 25.9. The van der Waals surface area contributed by atoms with Crippen molar-refractivity contribution in [1.82, 2.24) is 19.9 Å². The molecule has 2 aromatic carbocycles. The van der Waals surface area contributed by atoms with Gasteiger partial charge in [-0.3, -0.25) is 0 Å². The molecule has 0 fully saturated rings. The number of benzene rings is 2. The lowest BCUT2D eigenvalue weighted by Crippen LogP contribution is -1.88. The number of hydrogen-bond acceptors (Lipinski definition) is 4. The molecule has 4 rings (SSSR count). The molecule has 2 aromatic heterocycles. The fourth-order valence-corrected chi connectivity index (χ4v) is 2.49. The average molecular weight is 289 g/mol. The summed E-state index contributed by atoms with van der Waals surface area (Å²) in [6.07, 6.45) is 3.50. The standard InChI is InChI=1S/C16H11N5O/c22-21-10-5-6-13-14(9-10)20-16(19-13)12-4-2-1-3-11(12)15-17-7-8-18-15/h1-9H,(H,17,18)(H,19,20). The van der Waals surface area contributed by atoms with E-state index in [0.29, 0.717) is 5.69 Å². The van der Waals surface area contributed by atoms with E-state index in [1.165, 1.54) is 0 Å². The Labute approximate surface area is 125 Å². The van der Waals surface area contributed by atoms with Gasteiger partial charge >= 0.3 is 0 Å². The highest BCUT2D eigenvalue weighted by atomic mass is 16.3. The van der Waals surface area contributed by atoms with Crippen molar-refractivity contribution in [2.24, 2.45) is 5.18 Å². The predicted octanol–water partition coefficient (Wildman–Crippen LogP) is 4.02. The number of nitroso groups, excluding NO2 is 1. The van der Waals surface area contributed by atoms with E-state index in [2.05, 4.69) is 25.1 Å². The first kappa shape index (κ1) is 12.5. The van der Waals surface area contributed by atoms with Crippen molar-refractivity contribution >= 4 is 16.7 Å². The van der Waals surface area contributed by atoms with Crippen molar-refractivity contribution in [1.29, 1.82) is 0 Å². The lowest BCUT2D eigenvalue weighted by Gasteiger charge is -2.04. The third-order valence-corrected chi connectivity index (χ3v) is 3.51. The molecule has 0 amide bonds. The van der Waals surface area contributed by atoms with E-state index >= 15 is 0 Å². The second-order valence-electron chi connectivity index (χ2n) is 4.86. The van der Waals surface area contributed by atoms with Crippen LogP contribution in [0.1, 0.15) is 0 Å². The Kier molecular flexibility index (Phi) is 2.79. The molecule has 0 spiro atoms. The average Bonchev–Trinajstić information content (AvgIpc) is 3.23. The molecule has 0 saturated heterocycles. The highest BCUT2D eigenvalue weighted by Crippen LogP contribution is 2.30. The molecule has 4 aromatic rings. The zero-order chi connectivity index (χ0) is 14.9. The van der Waals surface area contributed by atoms with Gasteiger partial charge in [0.1, 0.15) is 17.3 Å². The molecule has 0 saturated carbocycles. The molecule has 106 valence electrons. The summed E-state index contributed by atoms with van der Waals surface area (Å²) in [6, 6.07) is 13.0. The smallest absolute Gasteiger partial charge is 0.139 e. The topological polar surface area (TPSA) is 86.8 Å². The number of aromatic nitrogens is 4. The van der Waals surface area contributed by atoms with Crippen LogP contribution in [0.3, 0.4) is 0 Å². The number of imidazole rings is 2. The maximum absolute atomic E-state index is 10.6. The quantitative estimate of drug-likeness (QED) is 0.558. The highest BCUT2D eigenvalue weighted by molar-refractivity contribution is 5.85. The van der Waals surface area contributed by atoms with Crippen LogP contribution in [0, 0.1) is 4.91 Å². The van der Waals surface area contributed by atoms with E-state index in [1.807, 2.05) is 24.3 Å². The number of H-pyrrole nitrogens is 2. The van der Waals surface area contributed by atoms with Crippen LogP contribution in [0.15, 0.2) is 60.0 Å². The predicted molar refractivity (Wildman–Crippen MR) is 84.6 cm³/mol. The van der Waals surface area contributed by atoms with Gasteiger partial charge in [0.2, 0.25) is 0 Å².